The molecule has 232 valence electrons. The largest absolute Gasteiger partial charge is 0.444 e. The molecular weight excluding hydrogens is 520 g/mol. The third kappa shape index (κ3) is 13.9. The first-order chi connectivity index (χ1) is 19.3. The maximum atomic E-state index is 14.2. The number of ether oxygens (including phenoxy) is 1. The molecule has 4 amide bonds. The van der Waals surface area contributed by atoms with Gasteiger partial charge in [-0.25, -0.2) is 4.79 Å². The maximum absolute atomic E-state index is 14.2. The van der Waals surface area contributed by atoms with Crippen molar-refractivity contribution in [2.45, 2.75) is 130 Å². The Bertz CT molecular complexity index is 989. The highest BCUT2D eigenvalue weighted by Gasteiger charge is 2.36. The average Bonchev–Trinajstić information content (AvgIpc) is 2.88. The summed E-state index contributed by atoms with van der Waals surface area (Å²) in [7, 11) is 0. The summed E-state index contributed by atoms with van der Waals surface area (Å²) >= 11 is 0. The first kappa shape index (κ1) is 35.9. The normalized spacial score (nSPS) is 12.8. The van der Waals surface area contributed by atoms with Gasteiger partial charge in [-0.3, -0.25) is 14.4 Å². The van der Waals surface area contributed by atoms with E-state index >= 15 is 0 Å². The molecular formula is C32H54N4O5. The van der Waals surface area contributed by atoms with Gasteiger partial charge in [-0.15, -0.1) is 0 Å². The number of primary amides is 1. The van der Waals surface area contributed by atoms with Gasteiger partial charge >= 0.3 is 6.09 Å². The number of aryl methyl sites for hydroxylation is 2. The van der Waals surface area contributed by atoms with Gasteiger partial charge in [-0.1, -0.05) is 70.6 Å². The molecule has 0 bridgehead atoms. The second-order valence-electron chi connectivity index (χ2n) is 11.9. The highest BCUT2D eigenvalue weighted by atomic mass is 16.6. The van der Waals surface area contributed by atoms with Gasteiger partial charge in [-0.2, -0.15) is 0 Å². The van der Waals surface area contributed by atoms with Gasteiger partial charge in [0.2, 0.25) is 17.7 Å². The smallest absolute Gasteiger partial charge is 0.408 e. The SMILES string of the molecule is CCCCCCCN(C(=O)C(CCC(N)=O)NC(=O)OC(C)(C)C)C(C(=O)NCCCCC)c1ccc(C)c(C)c1. The van der Waals surface area contributed by atoms with Crippen LogP contribution in [-0.2, 0) is 19.1 Å². The molecule has 0 fully saturated rings. The summed E-state index contributed by atoms with van der Waals surface area (Å²) in [6, 6.07) is 3.80. The first-order valence-corrected chi connectivity index (χ1v) is 15.2. The Morgan fingerprint density at radius 3 is 2.15 bits per heavy atom. The summed E-state index contributed by atoms with van der Waals surface area (Å²) < 4.78 is 5.41. The molecule has 1 aromatic rings. The lowest BCUT2D eigenvalue weighted by Gasteiger charge is -2.35. The topological polar surface area (TPSA) is 131 Å². The van der Waals surface area contributed by atoms with Crippen LogP contribution in [0.5, 0.6) is 0 Å². The Balaban J connectivity index is 3.50. The van der Waals surface area contributed by atoms with E-state index in [1.165, 1.54) is 0 Å². The molecule has 41 heavy (non-hydrogen) atoms. The number of nitrogens with zero attached hydrogens (tertiary/aromatic N) is 1. The minimum absolute atomic E-state index is 0.00247. The van der Waals surface area contributed by atoms with E-state index in [4.69, 9.17) is 10.5 Å². The summed E-state index contributed by atoms with van der Waals surface area (Å²) in [5, 5.41) is 5.69. The molecule has 9 nitrogen and oxygen atoms in total. The number of carbonyl (C=O) groups is 4. The van der Waals surface area contributed by atoms with Gasteiger partial charge < -0.3 is 26.0 Å². The summed E-state index contributed by atoms with van der Waals surface area (Å²) in [5.74, 6) is -1.30. The Morgan fingerprint density at radius 1 is 0.927 bits per heavy atom. The third-order valence-electron chi connectivity index (χ3n) is 6.94. The van der Waals surface area contributed by atoms with Crippen LogP contribution in [0, 0.1) is 13.8 Å². The summed E-state index contributed by atoms with van der Waals surface area (Å²) in [5.41, 5.74) is 7.43. The number of nitrogens with one attached hydrogen (secondary N) is 2. The van der Waals surface area contributed by atoms with Crippen molar-refractivity contribution in [1.82, 2.24) is 15.5 Å². The number of hydrogen-bond donors (Lipinski definition) is 3. The quantitative estimate of drug-likeness (QED) is 0.196. The molecule has 0 spiro atoms. The van der Waals surface area contributed by atoms with Gasteiger partial charge in [0.25, 0.3) is 0 Å². The molecule has 0 aromatic heterocycles. The van der Waals surface area contributed by atoms with Crippen LogP contribution in [0.15, 0.2) is 18.2 Å². The Kier molecular flexibility index (Phi) is 16.1. The third-order valence-corrected chi connectivity index (χ3v) is 6.94. The van der Waals surface area contributed by atoms with Crippen molar-refractivity contribution < 1.29 is 23.9 Å². The van der Waals surface area contributed by atoms with E-state index in [0.29, 0.717) is 25.1 Å². The molecule has 1 rings (SSSR count). The number of hydrogen-bond acceptors (Lipinski definition) is 5. The van der Waals surface area contributed by atoms with E-state index < -0.39 is 35.6 Å². The Labute approximate surface area is 247 Å². The molecule has 0 saturated carbocycles. The zero-order valence-electron chi connectivity index (χ0n) is 26.4. The number of unbranched alkanes of at least 4 members (excludes halogenated alkanes) is 6. The molecule has 0 aliphatic heterocycles. The van der Waals surface area contributed by atoms with Gasteiger partial charge in [0.05, 0.1) is 0 Å². The van der Waals surface area contributed by atoms with Crippen molar-refractivity contribution in [3.05, 3.63) is 34.9 Å². The standard InChI is InChI=1S/C32H54N4O5/c1-8-10-12-13-15-21-36(30(39)26(18-19-27(33)37)35-31(40)41-32(5,6)7)28(29(38)34-20-14-11-9-2)25-17-16-23(3)24(4)22-25/h16-17,22,26,28H,8-15,18-21H2,1-7H3,(H2,33,37)(H,34,38)(H,35,40). The van der Waals surface area contributed by atoms with Crippen molar-refractivity contribution in [2.24, 2.45) is 5.73 Å². The average molecular weight is 575 g/mol. The van der Waals surface area contributed by atoms with Gasteiger partial charge in [-0.05, 0) is 70.6 Å². The number of benzene rings is 1. The highest BCUT2D eigenvalue weighted by Crippen LogP contribution is 2.26. The second kappa shape index (κ2) is 18.4. The van der Waals surface area contributed by atoms with Crippen LogP contribution in [0.1, 0.15) is 122 Å². The van der Waals surface area contributed by atoms with Crippen LogP contribution in [-0.4, -0.2) is 53.4 Å². The van der Waals surface area contributed by atoms with E-state index in [9.17, 15) is 19.2 Å². The van der Waals surface area contributed by atoms with Crippen LogP contribution in [0.25, 0.3) is 0 Å². The van der Waals surface area contributed by atoms with Gasteiger partial charge in [0, 0.05) is 19.5 Å². The fraction of sp³-hybridized carbons (Fsp3) is 0.688. The molecule has 0 saturated heterocycles. The number of rotatable bonds is 18. The summed E-state index contributed by atoms with van der Waals surface area (Å²) in [4.78, 5) is 54.0. The highest BCUT2D eigenvalue weighted by molar-refractivity contribution is 5.92. The lowest BCUT2D eigenvalue weighted by Crippen LogP contribution is -2.53. The number of alkyl carbamates (subject to hydrolysis) is 1. The second-order valence-corrected chi connectivity index (χ2v) is 11.9. The minimum atomic E-state index is -1.09. The van der Waals surface area contributed by atoms with E-state index in [0.717, 1.165) is 56.1 Å². The molecule has 4 N–H and O–H groups in total. The molecule has 1 aromatic carbocycles. The first-order valence-electron chi connectivity index (χ1n) is 15.2. The molecule has 0 aliphatic rings. The molecule has 0 radical (unpaired) electrons. The van der Waals surface area contributed by atoms with Gasteiger partial charge in [0.15, 0.2) is 0 Å². The minimum Gasteiger partial charge on any atom is -0.444 e. The van der Waals surface area contributed by atoms with E-state index in [-0.39, 0.29) is 18.7 Å². The number of nitrogens with two attached hydrogens (primary N) is 1. The lowest BCUT2D eigenvalue weighted by molar-refractivity contribution is -0.142. The Morgan fingerprint density at radius 2 is 1.56 bits per heavy atom. The van der Waals surface area contributed by atoms with E-state index in [2.05, 4.69) is 24.5 Å². The predicted octanol–water partition coefficient (Wildman–Crippen LogP) is 5.61. The number of amides is 4. The lowest BCUT2D eigenvalue weighted by atomic mass is 9.97. The predicted molar refractivity (Wildman–Crippen MR) is 163 cm³/mol. The van der Waals surface area contributed by atoms with Gasteiger partial charge in [0.1, 0.15) is 17.7 Å². The zero-order chi connectivity index (χ0) is 31.0. The fourth-order valence-corrected chi connectivity index (χ4v) is 4.54. The van der Waals surface area contributed by atoms with Crippen LogP contribution in [0.3, 0.4) is 0 Å². The molecule has 0 heterocycles. The van der Waals surface area contributed by atoms with E-state index in [1.54, 1.807) is 25.7 Å². The summed E-state index contributed by atoms with van der Waals surface area (Å²) in [6.45, 7) is 14.2. The van der Waals surface area contributed by atoms with Crippen molar-refractivity contribution in [1.29, 1.82) is 0 Å². The summed E-state index contributed by atoms with van der Waals surface area (Å²) in [6.07, 6.45) is 6.79. The molecule has 2 atom stereocenters. The van der Waals surface area contributed by atoms with Crippen molar-refractivity contribution >= 4 is 23.8 Å². The van der Waals surface area contributed by atoms with Crippen molar-refractivity contribution in [2.75, 3.05) is 13.1 Å². The zero-order valence-corrected chi connectivity index (χ0v) is 26.4. The number of carbonyl (C=O) groups excluding carboxylic acids is 4. The van der Waals surface area contributed by atoms with Crippen LogP contribution < -0.4 is 16.4 Å². The monoisotopic (exact) mass is 574 g/mol. The fourth-order valence-electron chi connectivity index (χ4n) is 4.54. The Hall–Kier alpha value is -3.10. The van der Waals surface area contributed by atoms with E-state index in [1.807, 2.05) is 32.0 Å². The van der Waals surface area contributed by atoms with Crippen molar-refractivity contribution in [3.63, 3.8) is 0 Å². The van der Waals surface area contributed by atoms with Crippen molar-refractivity contribution in [3.8, 4) is 0 Å². The maximum Gasteiger partial charge on any atom is 0.408 e. The molecule has 9 heteroatoms. The van der Waals surface area contributed by atoms with Crippen LogP contribution in [0.2, 0.25) is 0 Å². The molecule has 0 aliphatic carbocycles. The van der Waals surface area contributed by atoms with Crippen LogP contribution >= 0.6 is 0 Å². The molecule has 2 unspecified atom stereocenters. The van der Waals surface area contributed by atoms with Crippen LogP contribution in [0.4, 0.5) is 4.79 Å².